The number of halogens is 1. The van der Waals surface area contributed by atoms with Crippen LogP contribution in [0.15, 0.2) is 0 Å². The van der Waals surface area contributed by atoms with E-state index < -0.39 is 30.5 Å². The third-order valence-corrected chi connectivity index (χ3v) is 3.91. The SMILES string of the molecule is CCC(C)C(=O)N1CCCC(C(=O)NC(CF)C(=O)O)C1. The molecule has 0 aliphatic carbocycles. The first-order chi connectivity index (χ1) is 9.90. The number of amides is 2. The average molecular weight is 302 g/mol. The zero-order valence-corrected chi connectivity index (χ0v) is 12.5. The number of nitrogens with one attached hydrogen (secondary N) is 1. The predicted molar refractivity (Wildman–Crippen MR) is 74.3 cm³/mol. The summed E-state index contributed by atoms with van der Waals surface area (Å²) in [4.78, 5) is 36.5. The van der Waals surface area contributed by atoms with Gasteiger partial charge in [0.1, 0.15) is 6.67 Å². The van der Waals surface area contributed by atoms with Gasteiger partial charge in [-0.25, -0.2) is 9.18 Å². The Morgan fingerprint density at radius 2 is 2.10 bits per heavy atom. The number of hydrogen-bond acceptors (Lipinski definition) is 3. The Morgan fingerprint density at radius 3 is 2.62 bits per heavy atom. The molecule has 3 atom stereocenters. The van der Waals surface area contributed by atoms with Crippen molar-refractivity contribution in [2.75, 3.05) is 19.8 Å². The third-order valence-electron chi connectivity index (χ3n) is 3.91. The largest absolute Gasteiger partial charge is 0.480 e. The molecule has 21 heavy (non-hydrogen) atoms. The summed E-state index contributed by atoms with van der Waals surface area (Å²) < 4.78 is 12.5. The normalized spacial score (nSPS) is 21.5. The number of carbonyl (C=O) groups is 3. The van der Waals surface area contributed by atoms with E-state index in [0.29, 0.717) is 19.4 Å². The van der Waals surface area contributed by atoms with Crippen molar-refractivity contribution in [1.29, 1.82) is 0 Å². The third kappa shape index (κ3) is 4.68. The molecule has 120 valence electrons. The molecule has 7 heteroatoms. The van der Waals surface area contributed by atoms with Gasteiger partial charge in [-0.05, 0) is 19.3 Å². The summed E-state index contributed by atoms with van der Waals surface area (Å²) in [6.07, 6.45) is 2.00. The second-order valence-electron chi connectivity index (χ2n) is 5.49. The van der Waals surface area contributed by atoms with Crippen molar-refractivity contribution in [3.05, 3.63) is 0 Å². The molecule has 0 radical (unpaired) electrons. The molecule has 2 N–H and O–H groups in total. The summed E-state index contributed by atoms with van der Waals surface area (Å²) in [5, 5.41) is 10.9. The predicted octanol–water partition coefficient (Wildman–Crippen LogP) is 0.810. The van der Waals surface area contributed by atoms with Gasteiger partial charge in [-0.1, -0.05) is 13.8 Å². The minimum absolute atomic E-state index is 0.00951. The molecular formula is C14H23FN2O4. The number of aliphatic carboxylic acids is 1. The van der Waals surface area contributed by atoms with Crippen LogP contribution in [-0.4, -0.2) is 53.6 Å². The van der Waals surface area contributed by atoms with Crippen molar-refractivity contribution >= 4 is 17.8 Å². The van der Waals surface area contributed by atoms with Gasteiger partial charge in [0, 0.05) is 19.0 Å². The average Bonchev–Trinajstić information content (AvgIpc) is 2.50. The Labute approximate surface area is 123 Å². The van der Waals surface area contributed by atoms with Crippen LogP contribution in [0.25, 0.3) is 0 Å². The monoisotopic (exact) mass is 302 g/mol. The number of alkyl halides is 1. The lowest BCUT2D eigenvalue weighted by atomic mass is 9.95. The van der Waals surface area contributed by atoms with Gasteiger partial charge in [-0.3, -0.25) is 9.59 Å². The summed E-state index contributed by atoms with van der Waals surface area (Å²) in [5.41, 5.74) is 0. The fraction of sp³-hybridized carbons (Fsp3) is 0.786. The van der Waals surface area contributed by atoms with E-state index in [-0.39, 0.29) is 18.4 Å². The van der Waals surface area contributed by atoms with Gasteiger partial charge in [0.2, 0.25) is 11.8 Å². The number of hydrogen-bond donors (Lipinski definition) is 2. The minimum atomic E-state index is -1.52. The lowest BCUT2D eigenvalue weighted by Gasteiger charge is -2.33. The van der Waals surface area contributed by atoms with Crippen molar-refractivity contribution in [3.63, 3.8) is 0 Å². The first kappa shape index (κ1) is 17.4. The number of carbonyl (C=O) groups excluding carboxylic acids is 2. The van der Waals surface area contributed by atoms with Crippen LogP contribution in [-0.2, 0) is 14.4 Å². The molecule has 0 aromatic carbocycles. The molecule has 1 rings (SSSR count). The highest BCUT2D eigenvalue weighted by molar-refractivity contribution is 5.86. The Kier molecular flexibility index (Phi) is 6.58. The topological polar surface area (TPSA) is 86.7 Å². The molecule has 6 nitrogen and oxygen atoms in total. The summed E-state index contributed by atoms with van der Waals surface area (Å²) in [6, 6.07) is -1.52. The van der Waals surface area contributed by atoms with E-state index in [4.69, 9.17) is 5.11 Å². The number of carboxylic acid groups (broad SMARTS) is 1. The maximum atomic E-state index is 12.5. The number of piperidine rings is 1. The standard InChI is InChI=1S/C14H23FN2O4/c1-3-9(2)13(19)17-6-4-5-10(8-17)12(18)16-11(7-15)14(20)21/h9-11H,3-8H2,1-2H3,(H,16,18)(H,20,21). The summed E-state index contributed by atoms with van der Waals surface area (Å²) in [5.74, 6) is -2.45. The van der Waals surface area contributed by atoms with Crippen LogP contribution in [0.4, 0.5) is 4.39 Å². The van der Waals surface area contributed by atoms with Crippen LogP contribution < -0.4 is 5.32 Å². The quantitative estimate of drug-likeness (QED) is 0.760. The number of rotatable bonds is 6. The van der Waals surface area contributed by atoms with E-state index in [1.54, 1.807) is 4.90 Å². The van der Waals surface area contributed by atoms with E-state index in [0.717, 1.165) is 6.42 Å². The number of likely N-dealkylation sites (tertiary alicyclic amines) is 1. The molecule has 0 spiro atoms. The first-order valence-electron chi connectivity index (χ1n) is 7.28. The Balaban J connectivity index is 2.61. The van der Waals surface area contributed by atoms with E-state index in [2.05, 4.69) is 5.32 Å². The molecule has 2 amide bonds. The van der Waals surface area contributed by atoms with Crippen molar-refractivity contribution in [1.82, 2.24) is 10.2 Å². The van der Waals surface area contributed by atoms with Gasteiger partial charge >= 0.3 is 5.97 Å². The van der Waals surface area contributed by atoms with Crippen LogP contribution in [0.1, 0.15) is 33.1 Å². The molecule has 1 heterocycles. The van der Waals surface area contributed by atoms with Crippen molar-refractivity contribution in [3.8, 4) is 0 Å². The Hall–Kier alpha value is -1.66. The highest BCUT2D eigenvalue weighted by Crippen LogP contribution is 2.19. The van der Waals surface area contributed by atoms with Gasteiger partial charge in [0.15, 0.2) is 6.04 Å². The molecular weight excluding hydrogens is 279 g/mol. The second-order valence-corrected chi connectivity index (χ2v) is 5.49. The lowest BCUT2D eigenvalue weighted by Crippen LogP contribution is -2.50. The zero-order chi connectivity index (χ0) is 16.0. The number of carboxylic acids is 1. The maximum absolute atomic E-state index is 12.5. The van der Waals surface area contributed by atoms with Crippen molar-refractivity contribution in [2.45, 2.75) is 39.2 Å². The first-order valence-corrected chi connectivity index (χ1v) is 7.28. The molecule has 0 bridgehead atoms. The lowest BCUT2D eigenvalue weighted by molar-refractivity contribution is -0.144. The van der Waals surface area contributed by atoms with E-state index >= 15 is 0 Å². The summed E-state index contributed by atoms with van der Waals surface area (Å²) in [7, 11) is 0. The van der Waals surface area contributed by atoms with Gasteiger partial charge in [-0.15, -0.1) is 0 Å². The van der Waals surface area contributed by atoms with Crippen LogP contribution in [0.3, 0.4) is 0 Å². The minimum Gasteiger partial charge on any atom is -0.480 e. The van der Waals surface area contributed by atoms with Crippen molar-refractivity contribution < 1.29 is 23.9 Å². The van der Waals surface area contributed by atoms with Gasteiger partial charge in [0.05, 0.1) is 5.92 Å². The molecule has 0 aromatic heterocycles. The van der Waals surface area contributed by atoms with Gasteiger partial charge < -0.3 is 15.3 Å². The highest BCUT2D eigenvalue weighted by Gasteiger charge is 2.31. The van der Waals surface area contributed by atoms with E-state index in [9.17, 15) is 18.8 Å². The van der Waals surface area contributed by atoms with E-state index in [1.807, 2.05) is 13.8 Å². The Morgan fingerprint density at radius 1 is 1.43 bits per heavy atom. The van der Waals surface area contributed by atoms with Crippen LogP contribution >= 0.6 is 0 Å². The fourth-order valence-corrected chi connectivity index (χ4v) is 2.33. The molecule has 0 saturated carbocycles. The molecule has 1 fully saturated rings. The molecule has 1 aliphatic heterocycles. The summed E-state index contributed by atoms with van der Waals surface area (Å²) >= 11 is 0. The molecule has 1 saturated heterocycles. The molecule has 0 aromatic rings. The van der Waals surface area contributed by atoms with E-state index in [1.165, 1.54) is 0 Å². The van der Waals surface area contributed by atoms with Crippen LogP contribution in [0.2, 0.25) is 0 Å². The van der Waals surface area contributed by atoms with Crippen molar-refractivity contribution in [2.24, 2.45) is 11.8 Å². The zero-order valence-electron chi connectivity index (χ0n) is 12.5. The number of nitrogens with zero attached hydrogens (tertiary/aromatic N) is 1. The highest BCUT2D eigenvalue weighted by atomic mass is 19.1. The van der Waals surface area contributed by atoms with Crippen LogP contribution in [0, 0.1) is 11.8 Å². The fourth-order valence-electron chi connectivity index (χ4n) is 2.33. The smallest absolute Gasteiger partial charge is 0.328 e. The molecule has 1 aliphatic rings. The summed E-state index contributed by atoms with van der Waals surface area (Å²) in [6.45, 7) is 3.50. The Bertz CT molecular complexity index is 402. The second kappa shape index (κ2) is 7.95. The maximum Gasteiger partial charge on any atom is 0.328 e. The van der Waals surface area contributed by atoms with Gasteiger partial charge in [-0.2, -0.15) is 0 Å². The van der Waals surface area contributed by atoms with Gasteiger partial charge in [0.25, 0.3) is 0 Å². The molecule has 3 unspecified atom stereocenters. The van der Waals surface area contributed by atoms with Crippen LogP contribution in [0.5, 0.6) is 0 Å².